The van der Waals surface area contributed by atoms with Crippen molar-refractivity contribution in [2.45, 2.75) is 33.4 Å². The molecule has 0 radical (unpaired) electrons. The fourth-order valence-electron chi connectivity index (χ4n) is 3.78. The average molecular weight is 379 g/mol. The van der Waals surface area contributed by atoms with Crippen LogP contribution >= 0.6 is 0 Å². The number of aromatic nitrogens is 2. The van der Waals surface area contributed by atoms with Crippen LogP contribution in [0.15, 0.2) is 30.6 Å². The molecule has 1 aliphatic rings. The minimum absolute atomic E-state index is 0.0953. The molecule has 6 heteroatoms. The van der Waals surface area contributed by atoms with E-state index in [0.29, 0.717) is 25.4 Å². The van der Waals surface area contributed by atoms with Gasteiger partial charge in [0, 0.05) is 13.1 Å². The van der Waals surface area contributed by atoms with Crippen molar-refractivity contribution in [1.82, 2.24) is 14.5 Å². The Labute approximate surface area is 164 Å². The molecule has 2 aromatic carbocycles. The summed E-state index contributed by atoms with van der Waals surface area (Å²) < 4.78 is 12.7. The minimum Gasteiger partial charge on any atom is -0.493 e. The lowest BCUT2D eigenvalue weighted by molar-refractivity contribution is -0.132. The van der Waals surface area contributed by atoms with Gasteiger partial charge in [0.15, 0.2) is 11.5 Å². The zero-order chi connectivity index (χ0) is 19.8. The minimum atomic E-state index is 0.0953. The number of benzene rings is 2. The third kappa shape index (κ3) is 3.19. The highest BCUT2D eigenvalue weighted by Gasteiger charge is 2.23. The SMILES string of the molecule is COc1cc2c(cc1OC)CN(C(=O)Cn1cnc3cc(C)c(C)cc31)CC2. The number of hydrogen-bond acceptors (Lipinski definition) is 4. The van der Waals surface area contributed by atoms with Crippen molar-refractivity contribution in [3.63, 3.8) is 0 Å². The molecular formula is C22H25N3O3. The first-order valence-electron chi connectivity index (χ1n) is 9.43. The van der Waals surface area contributed by atoms with Gasteiger partial charge in [-0.25, -0.2) is 4.98 Å². The largest absolute Gasteiger partial charge is 0.493 e. The van der Waals surface area contributed by atoms with Gasteiger partial charge in [-0.1, -0.05) is 0 Å². The predicted molar refractivity (Wildman–Crippen MR) is 108 cm³/mol. The molecule has 3 aromatic rings. The molecule has 0 bridgehead atoms. The van der Waals surface area contributed by atoms with E-state index in [1.54, 1.807) is 20.5 Å². The Morgan fingerprint density at radius 2 is 1.71 bits per heavy atom. The molecule has 0 unspecified atom stereocenters. The number of fused-ring (bicyclic) bond motifs is 2. The molecule has 0 fully saturated rings. The molecule has 0 saturated heterocycles. The molecule has 146 valence electrons. The van der Waals surface area contributed by atoms with E-state index in [0.717, 1.165) is 28.8 Å². The lowest BCUT2D eigenvalue weighted by atomic mass is 9.98. The van der Waals surface area contributed by atoms with E-state index >= 15 is 0 Å². The molecule has 1 aliphatic heterocycles. The van der Waals surface area contributed by atoms with Crippen LogP contribution in [0, 0.1) is 13.8 Å². The summed E-state index contributed by atoms with van der Waals surface area (Å²) in [5, 5.41) is 0. The topological polar surface area (TPSA) is 56.6 Å². The Morgan fingerprint density at radius 3 is 2.43 bits per heavy atom. The molecule has 2 heterocycles. The van der Waals surface area contributed by atoms with Gasteiger partial charge < -0.3 is 18.9 Å². The Kier molecular flexibility index (Phi) is 4.71. The van der Waals surface area contributed by atoms with Gasteiger partial charge in [0.05, 0.1) is 31.6 Å². The average Bonchev–Trinajstić information content (AvgIpc) is 3.08. The quantitative estimate of drug-likeness (QED) is 0.698. The Balaban J connectivity index is 1.55. The first-order valence-corrected chi connectivity index (χ1v) is 9.43. The van der Waals surface area contributed by atoms with Gasteiger partial charge in [0.2, 0.25) is 5.91 Å². The van der Waals surface area contributed by atoms with E-state index in [1.165, 1.54) is 16.7 Å². The Hall–Kier alpha value is -3.02. The Morgan fingerprint density at radius 1 is 1.04 bits per heavy atom. The molecule has 0 aliphatic carbocycles. The van der Waals surface area contributed by atoms with Gasteiger partial charge in [-0.15, -0.1) is 0 Å². The van der Waals surface area contributed by atoms with Gasteiger partial charge in [-0.05, 0) is 66.8 Å². The van der Waals surface area contributed by atoms with Crippen molar-refractivity contribution >= 4 is 16.9 Å². The maximum absolute atomic E-state index is 13.0. The number of hydrogen-bond donors (Lipinski definition) is 0. The zero-order valence-corrected chi connectivity index (χ0v) is 16.8. The molecule has 0 N–H and O–H groups in total. The van der Waals surface area contributed by atoms with Crippen molar-refractivity contribution in [1.29, 1.82) is 0 Å². The molecule has 4 rings (SSSR count). The van der Waals surface area contributed by atoms with E-state index in [9.17, 15) is 4.79 Å². The third-order valence-electron chi connectivity index (χ3n) is 5.61. The molecule has 28 heavy (non-hydrogen) atoms. The number of rotatable bonds is 4. The van der Waals surface area contributed by atoms with Crippen LogP contribution in [0.3, 0.4) is 0 Å². The smallest absolute Gasteiger partial charge is 0.242 e. The monoisotopic (exact) mass is 379 g/mol. The summed E-state index contributed by atoms with van der Waals surface area (Å²) in [6.45, 7) is 5.73. The number of methoxy groups -OCH3 is 2. The first kappa shape index (κ1) is 18.3. The van der Waals surface area contributed by atoms with Gasteiger partial charge in [0.25, 0.3) is 0 Å². The first-order chi connectivity index (χ1) is 13.5. The summed E-state index contributed by atoms with van der Waals surface area (Å²) in [7, 11) is 3.27. The predicted octanol–water partition coefficient (Wildman–Crippen LogP) is 3.26. The van der Waals surface area contributed by atoms with Crippen molar-refractivity contribution in [3.05, 3.63) is 52.8 Å². The fourth-order valence-corrected chi connectivity index (χ4v) is 3.78. The Bertz CT molecular complexity index is 1050. The van der Waals surface area contributed by atoms with E-state index in [-0.39, 0.29) is 5.91 Å². The van der Waals surface area contributed by atoms with Crippen LogP contribution < -0.4 is 9.47 Å². The van der Waals surface area contributed by atoms with Gasteiger partial charge >= 0.3 is 0 Å². The lowest BCUT2D eigenvalue weighted by Gasteiger charge is -2.30. The summed E-state index contributed by atoms with van der Waals surface area (Å²) in [6.07, 6.45) is 2.57. The molecule has 0 spiro atoms. The number of amides is 1. The third-order valence-corrected chi connectivity index (χ3v) is 5.61. The van der Waals surface area contributed by atoms with Crippen LogP contribution in [0.5, 0.6) is 11.5 Å². The highest BCUT2D eigenvalue weighted by molar-refractivity contribution is 5.81. The normalized spacial score (nSPS) is 13.5. The van der Waals surface area contributed by atoms with Crippen molar-refractivity contribution in [2.75, 3.05) is 20.8 Å². The summed E-state index contributed by atoms with van der Waals surface area (Å²) in [5.41, 5.74) is 6.66. The number of carbonyl (C=O) groups excluding carboxylic acids is 1. The number of carbonyl (C=O) groups is 1. The van der Waals surface area contributed by atoms with E-state index in [2.05, 4.69) is 31.0 Å². The maximum Gasteiger partial charge on any atom is 0.242 e. The van der Waals surface area contributed by atoms with E-state index < -0.39 is 0 Å². The number of imidazole rings is 1. The second-order valence-corrected chi connectivity index (χ2v) is 7.34. The molecule has 1 aromatic heterocycles. The van der Waals surface area contributed by atoms with Gasteiger partial charge in [0.1, 0.15) is 6.54 Å². The van der Waals surface area contributed by atoms with Gasteiger partial charge in [-0.2, -0.15) is 0 Å². The molecule has 0 atom stereocenters. The van der Waals surface area contributed by atoms with Crippen LogP contribution in [0.2, 0.25) is 0 Å². The van der Waals surface area contributed by atoms with Crippen LogP contribution in [0.4, 0.5) is 0 Å². The fraction of sp³-hybridized carbons (Fsp3) is 0.364. The number of ether oxygens (including phenoxy) is 2. The molecule has 0 saturated carbocycles. The van der Waals surface area contributed by atoms with Crippen molar-refractivity contribution in [3.8, 4) is 11.5 Å². The number of aryl methyl sites for hydroxylation is 2. The highest BCUT2D eigenvalue weighted by atomic mass is 16.5. The van der Waals surface area contributed by atoms with E-state index in [1.807, 2.05) is 21.6 Å². The molecular weight excluding hydrogens is 354 g/mol. The van der Waals surface area contributed by atoms with Crippen LogP contribution in [0.25, 0.3) is 11.0 Å². The van der Waals surface area contributed by atoms with Gasteiger partial charge in [-0.3, -0.25) is 4.79 Å². The summed E-state index contributed by atoms with van der Waals surface area (Å²) in [4.78, 5) is 19.3. The summed E-state index contributed by atoms with van der Waals surface area (Å²) in [5.74, 6) is 1.52. The van der Waals surface area contributed by atoms with Crippen molar-refractivity contribution in [2.24, 2.45) is 0 Å². The molecule has 6 nitrogen and oxygen atoms in total. The van der Waals surface area contributed by atoms with Crippen LogP contribution in [-0.4, -0.2) is 41.1 Å². The standard InChI is InChI=1S/C22H25N3O3/c1-14-7-18-19(8-15(14)2)25(13-23-18)12-22(26)24-6-5-16-9-20(27-3)21(28-4)10-17(16)11-24/h7-10,13H,5-6,11-12H2,1-4H3. The highest BCUT2D eigenvalue weighted by Crippen LogP contribution is 2.33. The summed E-state index contributed by atoms with van der Waals surface area (Å²) >= 11 is 0. The second kappa shape index (κ2) is 7.19. The van der Waals surface area contributed by atoms with Crippen LogP contribution in [-0.2, 0) is 24.3 Å². The summed E-state index contributed by atoms with van der Waals surface area (Å²) in [6, 6.07) is 8.17. The van der Waals surface area contributed by atoms with Crippen molar-refractivity contribution < 1.29 is 14.3 Å². The molecule has 1 amide bonds. The second-order valence-electron chi connectivity index (χ2n) is 7.34. The lowest BCUT2D eigenvalue weighted by Crippen LogP contribution is -2.38. The maximum atomic E-state index is 13.0. The van der Waals surface area contributed by atoms with Crippen LogP contribution in [0.1, 0.15) is 22.3 Å². The number of nitrogens with zero attached hydrogens (tertiary/aromatic N) is 3. The zero-order valence-electron chi connectivity index (χ0n) is 16.8. The van der Waals surface area contributed by atoms with E-state index in [4.69, 9.17) is 9.47 Å².